The molecule has 0 aliphatic rings. The third-order valence-electron chi connectivity index (χ3n) is 5.93. The normalized spacial score (nSPS) is 10.8. The summed E-state index contributed by atoms with van der Waals surface area (Å²) in [6.45, 7) is 7.17. The molecule has 0 aromatic heterocycles. The van der Waals surface area contributed by atoms with E-state index < -0.39 is 11.9 Å². The van der Waals surface area contributed by atoms with Gasteiger partial charge in [0.15, 0.2) is 0 Å². The molecule has 0 heterocycles. The minimum atomic E-state index is -0.550. The lowest BCUT2D eigenvalue weighted by Gasteiger charge is -2.25. The fourth-order valence-corrected chi connectivity index (χ4v) is 3.75. The predicted octanol–water partition coefficient (Wildman–Crippen LogP) is 5.99. The molecule has 38 heavy (non-hydrogen) atoms. The molecule has 0 spiro atoms. The Bertz CT molecular complexity index is 1310. The lowest BCUT2D eigenvalue weighted by atomic mass is 9.87. The summed E-state index contributed by atoms with van der Waals surface area (Å²) < 4.78 is 0. The number of nitrogens with one attached hydrogen (secondary N) is 4. The maximum atomic E-state index is 13.3. The Morgan fingerprint density at radius 3 is 2.03 bits per heavy atom. The van der Waals surface area contributed by atoms with Crippen LogP contribution in [0.15, 0.2) is 83.1 Å². The summed E-state index contributed by atoms with van der Waals surface area (Å²) in [6.07, 6.45) is 0. The number of amides is 3. The molecule has 0 aliphatic carbocycles. The second kappa shape index (κ2) is 12.5. The van der Waals surface area contributed by atoms with Crippen LogP contribution in [0.4, 0.5) is 10.5 Å². The van der Waals surface area contributed by atoms with Crippen LogP contribution in [0.25, 0.3) is 0 Å². The molecule has 0 saturated heterocycles. The Kier molecular flexibility index (Phi) is 9.15. The summed E-state index contributed by atoms with van der Waals surface area (Å²) in [5.74, 6) is -1.10. The average molecular weight is 514 g/mol. The number of carbonyl (C=O) groups is 2. The average Bonchev–Trinajstić information content (AvgIpc) is 2.91. The van der Waals surface area contributed by atoms with Crippen molar-refractivity contribution in [1.82, 2.24) is 15.5 Å². The fraction of sp³-hybridized carbons (Fsp3) is 0.250. The largest absolute Gasteiger partial charge is 0.334 e. The van der Waals surface area contributed by atoms with Crippen LogP contribution in [0, 0.1) is 15.8 Å². The van der Waals surface area contributed by atoms with Gasteiger partial charge in [-0.3, -0.25) is 15.5 Å². The van der Waals surface area contributed by atoms with E-state index in [4.69, 9.17) is 10.9 Å². The van der Waals surface area contributed by atoms with Crippen molar-refractivity contribution in [1.29, 1.82) is 10.9 Å². The van der Waals surface area contributed by atoms with Crippen molar-refractivity contribution in [2.45, 2.75) is 45.8 Å². The summed E-state index contributed by atoms with van der Waals surface area (Å²) in [6, 6.07) is 21.3. The van der Waals surface area contributed by atoms with Crippen molar-refractivity contribution in [3.05, 3.63) is 106 Å². The van der Waals surface area contributed by atoms with E-state index in [0.29, 0.717) is 17.7 Å². The highest BCUT2D eigenvalue weighted by Crippen LogP contribution is 2.23. The summed E-state index contributed by atoms with van der Waals surface area (Å²) in [7, 11) is 0. The van der Waals surface area contributed by atoms with Crippen LogP contribution in [0.1, 0.15) is 53.4 Å². The van der Waals surface area contributed by atoms with Gasteiger partial charge >= 0.3 is 6.03 Å². The molecule has 0 fully saturated rings. The van der Waals surface area contributed by atoms with Crippen molar-refractivity contribution in [3.63, 3.8) is 0 Å². The third kappa shape index (κ3) is 7.63. The van der Waals surface area contributed by atoms with Crippen LogP contribution in [0.3, 0.4) is 0 Å². The molecule has 0 saturated carbocycles. The van der Waals surface area contributed by atoms with E-state index in [9.17, 15) is 14.5 Å². The number of benzene rings is 3. The van der Waals surface area contributed by atoms with E-state index in [1.807, 2.05) is 12.1 Å². The molecule has 3 rings (SSSR count). The van der Waals surface area contributed by atoms with Gasteiger partial charge in [-0.15, -0.1) is 10.0 Å². The molecule has 3 amide bonds. The molecule has 4 N–H and O–H groups in total. The molecule has 0 aliphatic heterocycles. The zero-order chi connectivity index (χ0) is 27.7. The third-order valence-corrected chi connectivity index (χ3v) is 5.93. The first-order chi connectivity index (χ1) is 18.1. The zero-order valence-corrected chi connectivity index (χ0v) is 21.6. The second-order valence-corrected chi connectivity index (χ2v) is 9.79. The van der Waals surface area contributed by atoms with Gasteiger partial charge in [0.2, 0.25) is 5.96 Å². The minimum Gasteiger partial charge on any atom is -0.334 e. The molecule has 0 atom stereocenters. The molecule has 0 bridgehead atoms. The first kappa shape index (κ1) is 27.9. The van der Waals surface area contributed by atoms with Crippen LogP contribution in [-0.2, 0) is 25.0 Å². The van der Waals surface area contributed by atoms with Gasteiger partial charge < -0.3 is 10.2 Å². The van der Waals surface area contributed by atoms with Gasteiger partial charge in [-0.2, -0.15) is 0 Å². The van der Waals surface area contributed by atoms with Gasteiger partial charge in [0.25, 0.3) is 5.91 Å². The minimum absolute atomic E-state index is 0.0108. The quantitative estimate of drug-likeness (QED) is 0.127. The van der Waals surface area contributed by atoms with Crippen molar-refractivity contribution in [2.75, 3.05) is 0 Å². The van der Waals surface area contributed by atoms with E-state index >= 15 is 0 Å². The van der Waals surface area contributed by atoms with E-state index in [-0.39, 0.29) is 30.2 Å². The maximum absolute atomic E-state index is 13.3. The van der Waals surface area contributed by atoms with Crippen molar-refractivity contribution in [2.24, 2.45) is 10.3 Å². The SMILES string of the molecule is CC(C)(C)c1ccc(CN(Cc2ccc(C(=O)NC(=N)N=N)cc2)C(=O)NCc2ccccc2N=O)cc1. The number of urea groups is 1. The Balaban J connectivity index is 1.78. The smallest absolute Gasteiger partial charge is 0.318 e. The summed E-state index contributed by atoms with van der Waals surface area (Å²) in [4.78, 5) is 38.2. The molecule has 0 radical (unpaired) electrons. The van der Waals surface area contributed by atoms with Gasteiger partial charge in [-0.05, 0) is 45.5 Å². The molecular formula is C28H31N7O3. The van der Waals surface area contributed by atoms with Gasteiger partial charge in [-0.1, -0.05) is 75.4 Å². The standard InChI is InChI=1S/C28H31N7O3/c1-28(2,3)23-14-10-20(11-15-23)18-35(27(37)31-16-22-6-4-5-7-24(22)34-38)17-19-8-12-21(13-9-19)25(36)32-26(29)33-30/h4-15,30H,16-18H2,1-3H3,(H,31,37)(H2,29,32,36). The topological polar surface area (TPSA) is 151 Å². The fourth-order valence-electron chi connectivity index (χ4n) is 3.75. The lowest BCUT2D eigenvalue weighted by Crippen LogP contribution is -2.38. The van der Waals surface area contributed by atoms with Gasteiger partial charge in [0.05, 0.1) is 0 Å². The number of hydrogen-bond acceptors (Lipinski definition) is 6. The lowest BCUT2D eigenvalue weighted by molar-refractivity contribution is 0.0976. The highest BCUT2D eigenvalue weighted by molar-refractivity contribution is 6.04. The van der Waals surface area contributed by atoms with Crippen LogP contribution in [-0.4, -0.2) is 22.8 Å². The molecular weight excluding hydrogens is 482 g/mol. The van der Waals surface area contributed by atoms with Crippen molar-refractivity contribution < 1.29 is 9.59 Å². The number of rotatable bonds is 8. The first-order valence-corrected chi connectivity index (χ1v) is 12.0. The van der Waals surface area contributed by atoms with E-state index in [0.717, 1.165) is 11.1 Å². The Labute approximate surface area is 221 Å². The van der Waals surface area contributed by atoms with Crippen LogP contribution < -0.4 is 10.6 Å². The molecule has 196 valence electrons. The molecule has 10 heteroatoms. The molecule has 3 aromatic carbocycles. The van der Waals surface area contributed by atoms with E-state index in [2.05, 4.69) is 53.8 Å². The van der Waals surface area contributed by atoms with Crippen LogP contribution in [0.2, 0.25) is 0 Å². The summed E-state index contributed by atoms with van der Waals surface area (Å²) in [5.41, 5.74) is 10.9. The summed E-state index contributed by atoms with van der Waals surface area (Å²) in [5, 5.41) is 18.3. The Hall–Kier alpha value is -4.73. The van der Waals surface area contributed by atoms with Gasteiger partial charge in [0.1, 0.15) is 5.69 Å². The van der Waals surface area contributed by atoms with Gasteiger partial charge in [-0.25, -0.2) is 10.3 Å². The molecule has 10 nitrogen and oxygen atoms in total. The van der Waals surface area contributed by atoms with Crippen LogP contribution in [0.5, 0.6) is 0 Å². The number of nitroso groups, excluding NO2 is 1. The van der Waals surface area contributed by atoms with Crippen molar-refractivity contribution in [3.8, 4) is 0 Å². The van der Waals surface area contributed by atoms with E-state index in [1.165, 1.54) is 5.56 Å². The number of hydrogen-bond donors (Lipinski definition) is 4. The number of nitrogens with zero attached hydrogens (tertiary/aromatic N) is 3. The highest BCUT2D eigenvalue weighted by atomic mass is 16.3. The van der Waals surface area contributed by atoms with E-state index in [1.54, 1.807) is 53.4 Å². The Morgan fingerprint density at radius 2 is 1.47 bits per heavy atom. The maximum Gasteiger partial charge on any atom is 0.318 e. The summed E-state index contributed by atoms with van der Waals surface area (Å²) >= 11 is 0. The zero-order valence-electron chi connectivity index (χ0n) is 21.6. The Morgan fingerprint density at radius 1 is 0.895 bits per heavy atom. The predicted molar refractivity (Wildman–Crippen MR) is 145 cm³/mol. The molecule has 3 aromatic rings. The number of guanidine groups is 1. The highest BCUT2D eigenvalue weighted by Gasteiger charge is 2.18. The second-order valence-electron chi connectivity index (χ2n) is 9.79. The monoisotopic (exact) mass is 513 g/mol. The molecule has 0 unspecified atom stereocenters. The van der Waals surface area contributed by atoms with Gasteiger partial charge in [0, 0.05) is 30.8 Å². The number of carbonyl (C=O) groups excluding carboxylic acids is 2. The first-order valence-electron chi connectivity index (χ1n) is 12.0. The van der Waals surface area contributed by atoms with Crippen LogP contribution >= 0.6 is 0 Å². The van der Waals surface area contributed by atoms with Crippen molar-refractivity contribution >= 4 is 23.6 Å².